The van der Waals surface area contributed by atoms with Gasteiger partial charge in [-0.2, -0.15) is 0 Å². The van der Waals surface area contributed by atoms with Gasteiger partial charge < -0.3 is 15.5 Å². The number of quaternary nitrogens is 1. The number of para-hydroxylation sites is 1. The predicted octanol–water partition coefficient (Wildman–Crippen LogP) is 6.00. The summed E-state index contributed by atoms with van der Waals surface area (Å²) in [5, 5.41) is 18.7. The summed E-state index contributed by atoms with van der Waals surface area (Å²) in [5.74, 6) is -1.52. The van der Waals surface area contributed by atoms with E-state index in [0.29, 0.717) is 22.0 Å². The highest BCUT2D eigenvalue weighted by molar-refractivity contribution is 8.29. The number of hydrogen-bond acceptors (Lipinski definition) is 5. The van der Waals surface area contributed by atoms with E-state index in [0.717, 1.165) is 29.3 Å². The molecule has 0 saturated carbocycles. The lowest BCUT2D eigenvalue weighted by Crippen LogP contribution is -2.41. The number of hydrogen-bond donors (Lipinski definition) is 4. The topological polar surface area (TPSA) is 125 Å². The highest BCUT2D eigenvalue weighted by atomic mass is 32.3. The molecule has 0 unspecified atom stereocenters. The number of carbonyl (C=O) groups excluding carboxylic acids is 1. The maximum Gasteiger partial charge on any atom is 0.255 e. The van der Waals surface area contributed by atoms with E-state index in [1.807, 2.05) is 0 Å². The second-order valence-electron chi connectivity index (χ2n) is 9.43. The van der Waals surface area contributed by atoms with Crippen molar-refractivity contribution in [1.29, 1.82) is 0 Å². The summed E-state index contributed by atoms with van der Waals surface area (Å²) in [6.07, 6.45) is 2.27. The van der Waals surface area contributed by atoms with Crippen molar-refractivity contribution < 1.29 is 18.3 Å². The number of fused-ring (bicyclic) bond motifs is 2. The number of nitrogens with zero attached hydrogens (tertiary/aromatic N) is 1. The number of aromatic nitrogens is 1. The first kappa shape index (κ1) is 24.9. The Labute approximate surface area is 212 Å². The molecule has 190 valence electrons. The normalized spacial score (nSPS) is 17.1. The van der Waals surface area contributed by atoms with Gasteiger partial charge in [0.2, 0.25) is 0 Å². The summed E-state index contributed by atoms with van der Waals surface area (Å²) in [7, 11) is -3.07. The van der Waals surface area contributed by atoms with Gasteiger partial charge in [-0.3, -0.25) is 23.3 Å². The molecule has 0 saturated heterocycles. The first-order valence-electron chi connectivity index (χ1n) is 11.3. The van der Waals surface area contributed by atoms with Crippen molar-refractivity contribution in [2.75, 3.05) is 0 Å². The fourth-order valence-corrected chi connectivity index (χ4v) is 5.09. The Morgan fingerprint density at radius 1 is 1.00 bits per heavy atom. The van der Waals surface area contributed by atoms with Gasteiger partial charge in [-0.05, 0) is 43.7 Å². The van der Waals surface area contributed by atoms with Crippen molar-refractivity contribution in [2.45, 2.75) is 19.4 Å². The lowest BCUT2D eigenvalue weighted by molar-refractivity contribution is 0.0908. The van der Waals surface area contributed by atoms with Gasteiger partial charge in [0.1, 0.15) is 23.9 Å². The number of hydroxylamine groups is 2. The molecule has 0 aliphatic carbocycles. The smallest absolute Gasteiger partial charge is 0.255 e. The first-order valence-corrected chi connectivity index (χ1v) is 13.0. The third kappa shape index (κ3) is 4.57. The van der Waals surface area contributed by atoms with Gasteiger partial charge in [-0.25, -0.2) is 4.39 Å². The van der Waals surface area contributed by atoms with Crippen LogP contribution < -0.4 is 15.4 Å². The summed E-state index contributed by atoms with van der Waals surface area (Å²) >= 11 is 0. The quantitative estimate of drug-likeness (QED) is 0.149. The molecule has 0 radical (unpaired) electrons. The van der Waals surface area contributed by atoms with Crippen molar-refractivity contribution in [1.82, 2.24) is 14.9 Å². The van der Waals surface area contributed by atoms with E-state index in [9.17, 15) is 23.9 Å². The number of pyridine rings is 1. The van der Waals surface area contributed by atoms with Crippen LogP contribution in [0.15, 0.2) is 88.7 Å². The van der Waals surface area contributed by atoms with E-state index >= 15 is 4.39 Å². The van der Waals surface area contributed by atoms with Crippen LogP contribution in [0.5, 0.6) is 0 Å². The van der Waals surface area contributed by atoms with E-state index in [2.05, 4.69) is 10.3 Å². The average molecular weight is 522 g/mol. The maximum absolute atomic E-state index is 15.0. The molecule has 4 N–H and O–H groups in total. The Morgan fingerprint density at radius 2 is 1.70 bits per heavy atom. The number of nitrogens with one attached hydrogen (secondary N) is 2. The van der Waals surface area contributed by atoms with E-state index in [1.165, 1.54) is 6.07 Å². The molecule has 10 heteroatoms. The van der Waals surface area contributed by atoms with Crippen LogP contribution >= 0.6 is 10.6 Å². The van der Waals surface area contributed by atoms with Gasteiger partial charge >= 0.3 is 0 Å². The monoisotopic (exact) mass is 521 g/mol. The van der Waals surface area contributed by atoms with E-state index in [4.69, 9.17) is 0 Å². The van der Waals surface area contributed by atoms with Gasteiger partial charge in [0.15, 0.2) is 5.43 Å². The zero-order valence-electron chi connectivity index (χ0n) is 19.9. The highest BCUT2D eigenvalue weighted by Gasteiger charge is 2.29. The third-order valence-corrected chi connectivity index (χ3v) is 7.44. The molecular weight excluding hydrogens is 497 g/mol. The second-order valence-corrected chi connectivity index (χ2v) is 11.2. The van der Waals surface area contributed by atoms with Crippen LogP contribution in [-0.2, 0) is 5.54 Å². The number of H-pyrrole nitrogens is 1. The standard InChI is InChI=1S/C27H24FN3O5S/c1-27(2,17-6-5-7-18(14-17)31(34)10-12-37(35,36)13-11-31)30-26(33)20-16-24-21(15-22(20)28)25(32)19-8-3-4-9-23(19)29-24/h3-16,35-36H,1-2H3,(H,29,32)(H,30,33). The molecule has 1 amide bonds. The molecule has 1 aliphatic heterocycles. The number of halogens is 1. The first-order chi connectivity index (χ1) is 17.4. The van der Waals surface area contributed by atoms with Crippen LogP contribution in [0.4, 0.5) is 10.1 Å². The van der Waals surface area contributed by atoms with Crippen LogP contribution in [-0.4, -0.2) is 20.0 Å². The van der Waals surface area contributed by atoms with Gasteiger partial charge in [0.05, 0.1) is 27.4 Å². The van der Waals surface area contributed by atoms with E-state index < -0.39 is 32.5 Å². The number of aromatic amines is 1. The fraction of sp³-hybridized carbons (Fsp3) is 0.111. The Morgan fingerprint density at radius 3 is 2.43 bits per heavy atom. The van der Waals surface area contributed by atoms with Crippen molar-refractivity contribution >= 4 is 44.0 Å². The van der Waals surface area contributed by atoms with Gasteiger partial charge in [0, 0.05) is 28.4 Å². The zero-order chi connectivity index (χ0) is 26.6. The van der Waals surface area contributed by atoms with Crippen molar-refractivity contribution in [3.05, 3.63) is 116 Å². The summed E-state index contributed by atoms with van der Waals surface area (Å²) < 4.78 is 33.4. The molecule has 0 spiro atoms. The van der Waals surface area contributed by atoms with Crippen LogP contribution in [0, 0.1) is 11.0 Å². The molecule has 0 fully saturated rings. The molecule has 0 atom stereocenters. The minimum atomic E-state index is -3.07. The summed E-state index contributed by atoms with van der Waals surface area (Å²) in [4.78, 5) is 29.1. The van der Waals surface area contributed by atoms with Crippen molar-refractivity contribution in [2.24, 2.45) is 0 Å². The molecule has 5 rings (SSSR count). The molecular formula is C27H24FN3O5S. The van der Waals surface area contributed by atoms with Crippen LogP contribution in [0.3, 0.4) is 0 Å². The van der Waals surface area contributed by atoms with Crippen molar-refractivity contribution in [3.8, 4) is 0 Å². The lowest BCUT2D eigenvalue weighted by atomic mass is 9.93. The minimum absolute atomic E-state index is 0.142. The predicted molar refractivity (Wildman–Crippen MR) is 145 cm³/mol. The molecule has 0 bridgehead atoms. The minimum Gasteiger partial charge on any atom is -0.617 e. The van der Waals surface area contributed by atoms with Crippen LogP contribution in [0.2, 0.25) is 0 Å². The van der Waals surface area contributed by atoms with E-state index in [1.54, 1.807) is 62.4 Å². The Bertz CT molecular complexity index is 1680. The Hall–Kier alpha value is -3.80. The number of rotatable bonds is 4. The summed E-state index contributed by atoms with van der Waals surface area (Å²) in [6, 6.07) is 15.8. The highest BCUT2D eigenvalue weighted by Crippen LogP contribution is 2.46. The van der Waals surface area contributed by atoms with Crippen molar-refractivity contribution in [3.63, 3.8) is 0 Å². The number of carbonyl (C=O) groups is 1. The number of benzene rings is 3. The summed E-state index contributed by atoms with van der Waals surface area (Å²) in [6.45, 7) is 3.43. The fourth-order valence-electron chi connectivity index (χ4n) is 4.28. The van der Waals surface area contributed by atoms with Gasteiger partial charge in [0.25, 0.3) is 5.91 Å². The van der Waals surface area contributed by atoms with Gasteiger partial charge in [-0.15, -0.1) is 10.6 Å². The van der Waals surface area contributed by atoms with E-state index in [-0.39, 0.29) is 22.1 Å². The Balaban J connectivity index is 1.47. The van der Waals surface area contributed by atoms with Crippen LogP contribution in [0.25, 0.3) is 21.8 Å². The third-order valence-electron chi connectivity index (χ3n) is 6.40. The molecule has 8 nitrogen and oxygen atoms in total. The average Bonchev–Trinajstić information content (AvgIpc) is 2.86. The molecule has 1 aromatic heterocycles. The second kappa shape index (κ2) is 8.65. The molecule has 2 heterocycles. The van der Waals surface area contributed by atoms with Crippen LogP contribution in [0.1, 0.15) is 29.8 Å². The largest absolute Gasteiger partial charge is 0.617 e. The maximum atomic E-state index is 15.0. The Kier molecular flexibility index (Phi) is 5.81. The van der Waals surface area contributed by atoms with Gasteiger partial charge in [-0.1, -0.05) is 24.3 Å². The molecule has 1 aliphatic rings. The summed E-state index contributed by atoms with van der Waals surface area (Å²) in [5.41, 5.74) is 0.187. The molecule has 3 aromatic carbocycles. The lowest BCUT2D eigenvalue weighted by Gasteiger charge is -2.40. The SMILES string of the molecule is CC(C)(NC(=O)c1cc2[nH]c3ccccc3c(=O)c2cc1F)c1cccc([N+]2([O-])C=CS(O)(O)C=C2)c1. The number of amides is 1. The zero-order valence-corrected chi connectivity index (χ0v) is 20.8. The molecule has 37 heavy (non-hydrogen) atoms. The molecule has 4 aromatic rings.